The molecule has 0 unspecified atom stereocenters. The van der Waals surface area contributed by atoms with Crippen LogP contribution >= 0.6 is 0 Å². The van der Waals surface area contributed by atoms with E-state index < -0.39 is 34.3 Å². The van der Waals surface area contributed by atoms with Gasteiger partial charge in [-0.15, -0.1) is 0 Å². The van der Waals surface area contributed by atoms with Crippen molar-refractivity contribution in [3.05, 3.63) is 0 Å². The predicted octanol–water partition coefficient (Wildman–Crippen LogP) is 2.91. The average molecular weight is 348 g/mol. The van der Waals surface area contributed by atoms with Crippen LogP contribution in [0.2, 0.25) is 0 Å². The standard InChI is InChI=1S/C16H28O8/c1-13(2,3)21-23-16(24-22-14(4,5)6)10-8-7-9-15(16,11(17)18)12(19)20/h7-10H2,1-6H3,(H,17,18)(H,19,20). The van der Waals surface area contributed by atoms with Gasteiger partial charge in [-0.1, -0.05) is 6.42 Å². The highest BCUT2D eigenvalue weighted by atomic mass is 17.3. The van der Waals surface area contributed by atoms with Gasteiger partial charge in [-0.3, -0.25) is 9.59 Å². The van der Waals surface area contributed by atoms with Gasteiger partial charge in [0.05, 0.1) is 11.2 Å². The van der Waals surface area contributed by atoms with E-state index in [2.05, 4.69) is 0 Å². The minimum atomic E-state index is -2.33. The highest BCUT2D eigenvalue weighted by molar-refractivity contribution is 5.99. The SMILES string of the molecule is CC(C)(C)OOC1(OOC(C)(C)C)CCCCC1(C(=O)O)C(=O)O. The molecule has 140 valence electrons. The van der Waals surface area contributed by atoms with Gasteiger partial charge in [0.2, 0.25) is 5.41 Å². The smallest absolute Gasteiger partial charge is 0.326 e. The van der Waals surface area contributed by atoms with Gasteiger partial charge in [-0.05, 0) is 54.4 Å². The van der Waals surface area contributed by atoms with Crippen molar-refractivity contribution in [2.75, 3.05) is 0 Å². The van der Waals surface area contributed by atoms with E-state index in [1.54, 1.807) is 41.5 Å². The molecule has 2 N–H and O–H groups in total. The number of carboxylic acid groups (broad SMARTS) is 2. The molecule has 0 aromatic rings. The number of aliphatic carboxylic acids is 2. The lowest BCUT2D eigenvalue weighted by Gasteiger charge is -2.46. The predicted molar refractivity (Wildman–Crippen MR) is 82.7 cm³/mol. The topological polar surface area (TPSA) is 112 Å². The number of hydrogen-bond donors (Lipinski definition) is 2. The lowest BCUT2D eigenvalue weighted by molar-refractivity contribution is -0.560. The van der Waals surface area contributed by atoms with Gasteiger partial charge in [-0.25, -0.2) is 9.78 Å². The maximum atomic E-state index is 11.9. The van der Waals surface area contributed by atoms with E-state index in [1.165, 1.54) is 0 Å². The van der Waals surface area contributed by atoms with Crippen molar-refractivity contribution in [1.29, 1.82) is 0 Å². The first-order valence-electron chi connectivity index (χ1n) is 7.96. The molecule has 1 saturated carbocycles. The zero-order valence-electron chi connectivity index (χ0n) is 15.2. The fourth-order valence-corrected chi connectivity index (χ4v) is 2.41. The van der Waals surface area contributed by atoms with Crippen molar-refractivity contribution >= 4 is 11.9 Å². The summed E-state index contributed by atoms with van der Waals surface area (Å²) < 4.78 is 0. The van der Waals surface area contributed by atoms with Gasteiger partial charge in [0.15, 0.2) is 0 Å². The Labute approximate surface area is 141 Å². The molecular weight excluding hydrogens is 320 g/mol. The van der Waals surface area contributed by atoms with Crippen molar-refractivity contribution in [3.63, 3.8) is 0 Å². The Kier molecular flexibility index (Phi) is 6.03. The molecule has 1 rings (SSSR count). The molecule has 0 heterocycles. The van der Waals surface area contributed by atoms with Crippen molar-refractivity contribution < 1.29 is 39.4 Å². The van der Waals surface area contributed by atoms with Crippen LogP contribution < -0.4 is 0 Å². The Morgan fingerprint density at radius 2 is 1.17 bits per heavy atom. The molecule has 1 aliphatic rings. The summed E-state index contributed by atoms with van der Waals surface area (Å²) in [6.45, 7) is 10.2. The van der Waals surface area contributed by atoms with Crippen LogP contribution in [0.4, 0.5) is 0 Å². The molecule has 0 saturated heterocycles. The molecule has 24 heavy (non-hydrogen) atoms. The minimum Gasteiger partial charge on any atom is -0.480 e. The Morgan fingerprint density at radius 3 is 1.50 bits per heavy atom. The normalized spacial score (nSPS) is 20.6. The van der Waals surface area contributed by atoms with E-state index in [0.29, 0.717) is 12.8 Å². The average Bonchev–Trinajstić information content (AvgIpc) is 2.41. The van der Waals surface area contributed by atoms with Crippen LogP contribution in [0.3, 0.4) is 0 Å². The third kappa shape index (κ3) is 4.44. The van der Waals surface area contributed by atoms with Gasteiger partial charge >= 0.3 is 11.9 Å². The first-order valence-corrected chi connectivity index (χ1v) is 7.96. The fraction of sp³-hybridized carbons (Fsp3) is 0.875. The van der Waals surface area contributed by atoms with Crippen LogP contribution in [-0.4, -0.2) is 39.1 Å². The summed E-state index contributed by atoms with van der Waals surface area (Å²) in [5, 5.41) is 19.4. The summed E-state index contributed by atoms with van der Waals surface area (Å²) in [5.41, 5.74) is -3.92. The minimum absolute atomic E-state index is 0.0117. The van der Waals surface area contributed by atoms with Gasteiger partial charge in [0.25, 0.3) is 5.79 Å². The number of rotatable bonds is 6. The Balaban J connectivity index is 3.33. The zero-order valence-corrected chi connectivity index (χ0v) is 15.2. The molecular formula is C16H28O8. The third-order valence-electron chi connectivity index (χ3n) is 3.54. The molecule has 8 heteroatoms. The van der Waals surface area contributed by atoms with Crippen LogP contribution in [0.25, 0.3) is 0 Å². The highest BCUT2D eigenvalue weighted by Crippen LogP contribution is 2.49. The van der Waals surface area contributed by atoms with Crippen molar-refractivity contribution in [1.82, 2.24) is 0 Å². The van der Waals surface area contributed by atoms with E-state index >= 15 is 0 Å². The Morgan fingerprint density at radius 1 is 0.792 bits per heavy atom. The second-order valence-electron chi connectivity index (χ2n) is 8.03. The van der Waals surface area contributed by atoms with Crippen molar-refractivity contribution in [2.45, 2.75) is 84.2 Å². The number of carboxylic acids is 2. The molecule has 8 nitrogen and oxygen atoms in total. The molecule has 0 atom stereocenters. The molecule has 0 aromatic carbocycles. The van der Waals surface area contributed by atoms with Crippen molar-refractivity contribution in [2.24, 2.45) is 5.41 Å². The van der Waals surface area contributed by atoms with Crippen molar-refractivity contribution in [3.8, 4) is 0 Å². The second kappa shape index (κ2) is 6.95. The second-order valence-corrected chi connectivity index (χ2v) is 8.03. The molecule has 1 aliphatic carbocycles. The monoisotopic (exact) mass is 348 g/mol. The van der Waals surface area contributed by atoms with Gasteiger partial charge in [0.1, 0.15) is 0 Å². The maximum Gasteiger partial charge on any atom is 0.326 e. The molecule has 0 radical (unpaired) electrons. The van der Waals surface area contributed by atoms with E-state index in [-0.39, 0.29) is 12.8 Å². The summed E-state index contributed by atoms with van der Waals surface area (Å²) in [6, 6.07) is 0. The summed E-state index contributed by atoms with van der Waals surface area (Å²) in [7, 11) is 0. The van der Waals surface area contributed by atoms with Gasteiger partial charge in [0, 0.05) is 6.42 Å². The fourth-order valence-electron chi connectivity index (χ4n) is 2.41. The Bertz CT molecular complexity index is 439. The lowest BCUT2D eigenvalue weighted by Crippen LogP contribution is -2.63. The summed E-state index contributed by atoms with van der Waals surface area (Å²) in [5.74, 6) is -5.20. The molecule has 1 fully saturated rings. The van der Waals surface area contributed by atoms with E-state index in [1.807, 2.05) is 0 Å². The number of hydrogen-bond acceptors (Lipinski definition) is 6. The molecule has 0 aliphatic heterocycles. The van der Waals surface area contributed by atoms with E-state index in [0.717, 1.165) is 0 Å². The number of carbonyl (C=O) groups is 2. The highest BCUT2D eigenvalue weighted by Gasteiger charge is 2.68. The van der Waals surface area contributed by atoms with E-state index in [9.17, 15) is 19.8 Å². The van der Waals surface area contributed by atoms with Gasteiger partial charge in [-0.2, -0.15) is 9.78 Å². The van der Waals surface area contributed by atoms with Crippen LogP contribution in [0, 0.1) is 5.41 Å². The largest absolute Gasteiger partial charge is 0.480 e. The lowest BCUT2D eigenvalue weighted by atomic mass is 9.69. The molecule has 0 bridgehead atoms. The first kappa shape index (κ1) is 20.8. The van der Waals surface area contributed by atoms with Crippen LogP contribution in [0.5, 0.6) is 0 Å². The quantitative estimate of drug-likeness (QED) is 0.326. The third-order valence-corrected chi connectivity index (χ3v) is 3.54. The molecule has 0 amide bonds. The Hall–Kier alpha value is -1.22. The van der Waals surface area contributed by atoms with E-state index in [4.69, 9.17) is 19.6 Å². The zero-order chi connectivity index (χ0) is 18.8. The summed E-state index contributed by atoms with van der Waals surface area (Å²) in [6.07, 6.45) is 0.790. The summed E-state index contributed by atoms with van der Waals surface area (Å²) >= 11 is 0. The van der Waals surface area contributed by atoms with Gasteiger partial charge < -0.3 is 10.2 Å². The van der Waals surface area contributed by atoms with Crippen LogP contribution in [0.1, 0.15) is 67.2 Å². The molecule has 0 aromatic heterocycles. The molecule has 0 spiro atoms. The summed E-state index contributed by atoms with van der Waals surface area (Å²) in [4.78, 5) is 45.1. The maximum absolute atomic E-state index is 11.9. The van der Waals surface area contributed by atoms with Crippen LogP contribution in [0.15, 0.2) is 0 Å². The van der Waals surface area contributed by atoms with Crippen LogP contribution in [-0.2, 0) is 29.1 Å². The first-order chi connectivity index (χ1) is 10.8.